The Labute approximate surface area is 168 Å². The Kier molecular flexibility index (Phi) is 4.84. The van der Waals surface area contributed by atoms with Crippen molar-refractivity contribution in [3.8, 4) is 5.75 Å². The normalized spacial score (nSPS) is 14.9. The molecule has 0 aliphatic carbocycles. The number of aryl methyl sites for hydroxylation is 1. The molecule has 1 aromatic heterocycles. The number of hydrogen-bond donors (Lipinski definition) is 2. The van der Waals surface area contributed by atoms with E-state index in [1.54, 1.807) is 25.1 Å². The molecule has 1 aliphatic heterocycles. The maximum absolute atomic E-state index is 14.4. The summed E-state index contributed by atoms with van der Waals surface area (Å²) in [5.41, 5.74) is 0.261. The van der Waals surface area contributed by atoms with Gasteiger partial charge in [-0.1, -0.05) is 6.07 Å². The fourth-order valence-electron chi connectivity index (χ4n) is 3.37. The van der Waals surface area contributed by atoms with Gasteiger partial charge in [0.1, 0.15) is 5.75 Å². The molecule has 2 heterocycles. The number of benzene rings is 2. The van der Waals surface area contributed by atoms with Crippen molar-refractivity contribution in [2.24, 2.45) is 0 Å². The molecule has 0 saturated heterocycles. The number of nitrogens with zero attached hydrogens (tertiary/aromatic N) is 2. The third-order valence-corrected chi connectivity index (χ3v) is 4.93. The second kappa shape index (κ2) is 7.36. The van der Waals surface area contributed by atoms with Crippen LogP contribution in [0.1, 0.15) is 17.2 Å². The largest absolute Gasteiger partial charge is 0.497 e. The maximum atomic E-state index is 14.4. The van der Waals surface area contributed by atoms with E-state index in [9.17, 15) is 22.4 Å². The molecule has 1 atom stereocenters. The van der Waals surface area contributed by atoms with Gasteiger partial charge in [0.25, 0.3) is 0 Å². The highest BCUT2D eigenvalue weighted by Gasteiger charge is 2.31. The zero-order chi connectivity index (χ0) is 21.6. The Morgan fingerprint density at radius 3 is 2.50 bits per heavy atom. The van der Waals surface area contributed by atoms with Crippen LogP contribution in [-0.4, -0.2) is 23.2 Å². The van der Waals surface area contributed by atoms with E-state index in [2.05, 4.69) is 15.6 Å². The first kappa shape index (κ1) is 19.7. The third-order valence-electron chi connectivity index (χ3n) is 4.93. The van der Waals surface area contributed by atoms with Gasteiger partial charge in [0.2, 0.25) is 11.8 Å². The SMILES string of the molecule is COc1ccc(C)c(Nc2nc(=O)c(F)c3n2C(c2cc(F)c(F)c(F)c2)CN3)c1. The van der Waals surface area contributed by atoms with Gasteiger partial charge in [-0.05, 0) is 36.2 Å². The monoisotopic (exact) mass is 420 g/mol. The fraction of sp³-hybridized carbons (Fsp3) is 0.200. The highest BCUT2D eigenvalue weighted by atomic mass is 19.2. The Morgan fingerprint density at radius 2 is 1.83 bits per heavy atom. The molecule has 0 spiro atoms. The minimum absolute atomic E-state index is 0.0122. The molecular formula is C20H16F4N4O2. The summed E-state index contributed by atoms with van der Waals surface area (Å²) in [4.78, 5) is 15.8. The van der Waals surface area contributed by atoms with Gasteiger partial charge in [-0.25, -0.2) is 13.2 Å². The third kappa shape index (κ3) is 3.23. The number of fused-ring (bicyclic) bond motifs is 1. The molecule has 2 N–H and O–H groups in total. The summed E-state index contributed by atoms with van der Waals surface area (Å²) in [7, 11) is 1.49. The van der Waals surface area contributed by atoms with E-state index in [0.29, 0.717) is 11.4 Å². The van der Waals surface area contributed by atoms with Crippen molar-refractivity contribution >= 4 is 17.5 Å². The van der Waals surface area contributed by atoms with Crippen molar-refractivity contribution in [2.45, 2.75) is 13.0 Å². The number of methoxy groups -OCH3 is 1. The van der Waals surface area contributed by atoms with Crippen LogP contribution in [0.25, 0.3) is 0 Å². The van der Waals surface area contributed by atoms with Gasteiger partial charge in [-0.3, -0.25) is 9.36 Å². The number of ether oxygens (including phenoxy) is 1. The van der Waals surface area contributed by atoms with Crippen molar-refractivity contribution in [1.29, 1.82) is 0 Å². The fourth-order valence-corrected chi connectivity index (χ4v) is 3.37. The van der Waals surface area contributed by atoms with Gasteiger partial charge in [-0.15, -0.1) is 0 Å². The number of rotatable bonds is 4. The van der Waals surface area contributed by atoms with E-state index in [0.717, 1.165) is 17.7 Å². The molecule has 10 heteroatoms. The Hall–Kier alpha value is -3.56. The Bertz CT molecular complexity index is 1190. The maximum Gasteiger partial charge on any atom is 0.312 e. The summed E-state index contributed by atoms with van der Waals surface area (Å²) in [5, 5.41) is 5.68. The van der Waals surface area contributed by atoms with Gasteiger partial charge < -0.3 is 15.4 Å². The van der Waals surface area contributed by atoms with Crippen LogP contribution in [-0.2, 0) is 0 Å². The van der Waals surface area contributed by atoms with Crippen molar-refractivity contribution in [1.82, 2.24) is 9.55 Å². The van der Waals surface area contributed by atoms with Gasteiger partial charge in [0, 0.05) is 18.3 Å². The smallest absolute Gasteiger partial charge is 0.312 e. The summed E-state index contributed by atoms with van der Waals surface area (Å²) in [6.45, 7) is 1.81. The first-order valence-corrected chi connectivity index (χ1v) is 8.92. The lowest BCUT2D eigenvalue weighted by atomic mass is 10.1. The second-order valence-electron chi connectivity index (χ2n) is 6.77. The van der Waals surface area contributed by atoms with Crippen molar-refractivity contribution in [3.63, 3.8) is 0 Å². The molecule has 3 aromatic rings. The van der Waals surface area contributed by atoms with Gasteiger partial charge in [0.15, 0.2) is 23.3 Å². The van der Waals surface area contributed by atoms with Crippen LogP contribution in [0, 0.1) is 30.2 Å². The van der Waals surface area contributed by atoms with Crippen LogP contribution in [0.15, 0.2) is 35.1 Å². The molecule has 6 nitrogen and oxygen atoms in total. The average Bonchev–Trinajstić information content (AvgIpc) is 3.17. The summed E-state index contributed by atoms with van der Waals surface area (Å²) >= 11 is 0. The highest BCUT2D eigenvalue weighted by molar-refractivity contribution is 5.63. The van der Waals surface area contributed by atoms with Crippen LogP contribution >= 0.6 is 0 Å². The molecule has 0 amide bonds. The first-order chi connectivity index (χ1) is 14.3. The van der Waals surface area contributed by atoms with Crippen molar-refractivity contribution < 1.29 is 22.3 Å². The topological polar surface area (TPSA) is 68.2 Å². The molecule has 0 radical (unpaired) electrons. The molecule has 0 bridgehead atoms. The van der Waals surface area contributed by atoms with Gasteiger partial charge in [-0.2, -0.15) is 9.37 Å². The number of aromatic nitrogens is 2. The standard InChI is InChI=1S/C20H16F4N4O2/c1-9-3-4-11(30-2)7-14(9)26-20-27-19(29)17(24)18-25-8-15(28(18)20)10-5-12(21)16(23)13(22)6-10/h3-7,15,25H,8H2,1-2H3,(H,26,27,29). The van der Waals surface area contributed by atoms with Crippen molar-refractivity contribution in [2.75, 3.05) is 24.3 Å². The van der Waals surface area contributed by atoms with E-state index in [-0.39, 0.29) is 23.9 Å². The van der Waals surface area contributed by atoms with Crippen LogP contribution in [0.3, 0.4) is 0 Å². The zero-order valence-corrected chi connectivity index (χ0v) is 15.9. The van der Waals surface area contributed by atoms with Crippen LogP contribution in [0.5, 0.6) is 5.75 Å². The summed E-state index contributed by atoms with van der Waals surface area (Å²) in [5.74, 6) is -5.17. The highest BCUT2D eigenvalue weighted by Crippen LogP contribution is 2.35. The summed E-state index contributed by atoms with van der Waals surface area (Å²) < 4.78 is 61.8. The molecule has 4 rings (SSSR count). The van der Waals surface area contributed by atoms with E-state index in [1.807, 2.05) is 0 Å². The lowest BCUT2D eigenvalue weighted by molar-refractivity contribution is 0.415. The van der Waals surface area contributed by atoms with Crippen molar-refractivity contribution in [3.05, 3.63) is 75.1 Å². The molecule has 0 fully saturated rings. The number of anilines is 3. The van der Waals surface area contributed by atoms with E-state index < -0.39 is 34.9 Å². The first-order valence-electron chi connectivity index (χ1n) is 8.92. The Morgan fingerprint density at radius 1 is 1.13 bits per heavy atom. The number of halogens is 4. The minimum atomic E-state index is -1.60. The van der Waals surface area contributed by atoms with Gasteiger partial charge in [0.05, 0.1) is 13.2 Å². The minimum Gasteiger partial charge on any atom is -0.497 e. The van der Waals surface area contributed by atoms with Crippen LogP contribution in [0.2, 0.25) is 0 Å². The lowest BCUT2D eigenvalue weighted by Gasteiger charge is -2.20. The summed E-state index contributed by atoms with van der Waals surface area (Å²) in [6, 6.07) is 5.98. The second-order valence-corrected chi connectivity index (χ2v) is 6.77. The van der Waals surface area contributed by atoms with E-state index in [1.165, 1.54) is 11.7 Å². The molecule has 1 aliphatic rings. The van der Waals surface area contributed by atoms with Gasteiger partial charge >= 0.3 is 5.56 Å². The molecule has 0 saturated carbocycles. The van der Waals surface area contributed by atoms with E-state index >= 15 is 0 Å². The quantitative estimate of drug-likeness (QED) is 0.496. The lowest BCUT2D eigenvalue weighted by Crippen LogP contribution is -2.22. The van der Waals surface area contributed by atoms with Crippen LogP contribution in [0.4, 0.5) is 35.0 Å². The van der Waals surface area contributed by atoms with Crippen LogP contribution < -0.4 is 20.9 Å². The number of hydrogen-bond acceptors (Lipinski definition) is 5. The molecule has 2 aromatic carbocycles. The molecular weight excluding hydrogens is 404 g/mol. The zero-order valence-electron chi connectivity index (χ0n) is 15.9. The predicted molar refractivity (Wildman–Crippen MR) is 102 cm³/mol. The summed E-state index contributed by atoms with van der Waals surface area (Å²) in [6.07, 6.45) is 0. The average molecular weight is 420 g/mol. The number of nitrogens with one attached hydrogen (secondary N) is 2. The predicted octanol–water partition coefficient (Wildman–Crippen LogP) is 3.88. The Balaban J connectivity index is 1.86. The molecule has 30 heavy (non-hydrogen) atoms. The molecule has 1 unspecified atom stereocenters. The van der Waals surface area contributed by atoms with E-state index in [4.69, 9.17) is 4.74 Å². The molecule has 156 valence electrons.